The summed E-state index contributed by atoms with van der Waals surface area (Å²) in [5.41, 5.74) is 3.24. The summed E-state index contributed by atoms with van der Waals surface area (Å²) in [6.45, 7) is 9.48. The molecule has 0 saturated carbocycles. The molecule has 0 N–H and O–H groups in total. The van der Waals surface area contributed by atoms with Gasteiger partial charge in [-0.05, 0) is 72.8 Å². The van der Waals surface area contributed by atoms with Crippen LogP contribution in [0.3, 0.4) is 0 Å². The molecule has 2 aliphatic rings. The van der Waals surface area contributed by atoms with Crippen molar-refractivity contribution in [3.63, 3.8) is 0 Å². The zero-order chi connectivity index (χ0) is 18.3. The normalized spacial score (nSPS) is 32.0. The van der Waals surface area contributed by atoms with Crippen LogP contribution in [0, 0.1) is 35.5 Å². The van der Waals surface area contributed by atoms with Gasteiger partial charge in [0.2, 0.25) is 0 Å². The van der Waals surface area contributed by atoms with Gasteiger partial charge in [-0.1, -0.05) is 77.2 Å². The van der Waals surface area contributed by atoms with Gasteiger partial charge >= 0.3 is 0 Å². The number of fused-ring (bicyclic) bond motifs is 1. The molecule has 0 spiro atoms. The first kappa shape index (κ1) is 20.1. The van der Waals surface area contributed by atoms with E-state index >= 15 is 0 Å². The number of hydrogen-bond donors (Lipinski definition) is 0. The Morgan fingerprint density at radius 3 is 2.76 bits per heavy atom. The summed E-state index contributed by atoms with van der Waals surface area (Å²) in [4.78, 5) is 0. The summed E-state index contributed by atoms with van der Waals surface area (Å²) in [7, 11) is 0. The average Bonchev–Trinajstić information content (AvgIpc) is 2.59. The molecular weight excluding hydrogens is 300 g/mol. The van der Waals surface area contributed by atoms with Gasteiger partial charge in [0, 0.05) is 0 Å². The maximum absolute atomic E-state index is 5.57. The third kappa shape index (κ3) is 5.13. The van der Waals surface area contributed by atoms with Crippen molar-refractivity contribution in [3.8, 4) is 12.3 Å². The van der Waals surface area contributed by atoms with Crippen molar-refractivity contribution < 1.29 is 0 Å². The second kappa shape index (κ2) is 9.47. The van der Waals surface area contributed by atoms with Gasteiger partial charge in [-0.25, -0.2) is 0 Å². The minimum absolute atomic E-state index is 0.418. The van der Waals surface area contributed by atoms with E-state index in [1.807, 2.05) is 0 Å². The molecule has 0 heteroatoms. The Balaban J connectivity index is 1.80. The Kier molecular flexibility index (Phi) is 7.61. The van der Waals surface area contributed by atoms with Crippen LogP contribution in [0.25, 0.3) is 0 Å². The summed E-state index contributed by atoms with van der Waals surface area (Å²) in [5.74, 6) is 5.13. The molecule has 0 fully saturated rings. The highest BCUT2D eigenvalue weighted by Crippen LogP contribution is 2.52. The van der Waals surface area contributed by atoms with Crippen LogP contribution in [-0.2, 0) is 0 Å². The topological polar surface area (TPSA) is 0 Å². The largest absolute Gasteiger partial charge is 0.115 e. The zero-order valence-electron chi connectivity index (χ0n) is 17.0. The van der Waals surface area contributed by atoms with Gasteiger partial charge in [-0.15, -0.1) is 6.42 Å². The number of allylic oxidation sites excluding steroid dienone is 6. The molecule has 0 aliphatic heterocycles. The molecule has 2 aliphatic carbocycles. The van der Waals surface area contributed by atoms with Crippen LogP contribution < -0.4 is 0 Å². The molecule has 0 aromatic heterocycles. The summed E-state index contributed by atoms with van der Waals surface area (Å²) < 4.78 is 0. The number of unbranched alkanes of at least 4 members (excludes halogenated alkanes) is 3. The van der Waals surface area contributed by atoms with Crippen LogP contribution in [0.1, 0.15) is 85.5 Å². The molecule has 0 aromatic rings. The van der Waals surface area contributed by atoms with Gasteiger partial charge in [0.05, 0.1) is 0 Å². The average molecular weight is 339 g/mol. The van der Waals surface area contributed by atoms with Crippen molar-refractivity contribution in [2.45, 2.75) is 85.5 Å². The van der Waals surface area contributed by atoms with Crippen LogP contribution >= 0.6 is 0 Å². The quantitative estimate of drug-likeness (QED) is 0.318. The molecule has 4 atom stereocenters. The molecule has 0 amide bonds. The Morgan fingerprint density at radius 2 is 2.04 bits per heavy atom. The monoisotopic (exact) mass is 338 g/mol. The molecule has 25 heavy (non-hydrogen) atoms. The lowest BCUT2D eigenvalue weighted by Gasteiger charge is -2.47. The molecular formula is C25H38. The fourth-order valence-corrected chi connectivity index (χ4v) is 4.96. The molecule has 0 bridgehead atoms. The van der Waals surface area contributed by atoms with Crippen LogP contribution in [0.5, 0.6) is 0 Å². The van der Waals surface area contributed by atoms with Crippen LogP contribution in [0.4, 0.5) is 0 Å². The predicted octanol–water partition coefficient (Wildman–Crippen LogP) is 7.48. The van der Waals surface area contributed by atoms with Crippen LogP contribution in [-0.4, -0.2) is 0 Å². The zero-order valence-corrected chi connectivity index (χ0v) is 17.0. The lowest BCUT2D eigenvalue weighted by Crippen LogP contribution is -2.38. The van der Waals surface area contributed by atoms with E-state index in [4.69, 9.17) is 6.42 Å². The molecule has 4 unspecified atom stereocenters. The van der Waals surface area contributed by atoms with Gasteiger partial charge in [-0.3, -0.25) is 0 Å². The van der Waals surface area contributed by atoms with Crippen molar-refractivity contribution in [2.75, 3.05) is 0 Å². The summed E-state index contributed by atoms with van der Waals surface area (Å²) in [6, 6.07) is 0. The fraction of sp³-hybridized carbons (Fsp3) is 0.680. The standard InChI is InChI=1S/C25H38/c1-6-12-22(7-2)13-10-8-9-11-14-24-21(4)15-16-23-19-20(3)17-18-25(23,24)5/h2,12,15-16,19-21,24H,6,8-11,13-14,17-18H2,1,3-5H3/b22-12+. The molecule has 0 nitrogen and oxygen atoms in total. The van der Waals surface area contributed by atoms with E-state index in [0.29, 0.717) is 5.41 Å². The molecule has 0 saturated heterocycles. The minimum Gasteiger partial charge on any atom is -0.115 e. The van der Waals surface area contributed by atoms with Crippen molar-refractivity contribution in [3.05, 3.63) is 35.5 Å². The third-order valence-electron chi connectivity index (χ3n) is 6.62. The third-order valence-corrected chi connectivity index (χ3v) is 6.62. The Hall–Kier alpha value is -1.22. The van der Waals surface area contributed by atoms with Gasteiger partial charge in [0.1, 0.15) is 0 Å². The van der Waals surface area contributed by atoms with Crippen LogP contribution in [0.15, 0.2) is 35.5 Å². The molecule has 0 aromatic carbocycles. The Morgan fingerprint density at radius 1 is 1.28 bits per heavy atom. The SMILES string of the molecule is C#C/C(=C\CC)CCCCCCC1C(C)C=CC2=CC(C)CCC21C. The first-order valence-corrected chi connectivity index (χ1v) is 10.6. The Bertz CT molecular complexity index is 553. The maximum atomic E-state index is 5.57. The highest BCUT2D eigenvalue weighted by molar-refractivity contribution is 5.34. The van der Waals surface area contributed by atoms with E-state index in [1.165, 1.54) is 50.5 Å². The van der Waals surface area contributed by atoms with Gasteiger partial charge in [-0.2, -0.15) is 0 Å². The molecule has 2 rings (SSSR count). The molecule has 0 heterocycles. The molecule has 0 radical (unpaired) electrons. The van der Waals surface area contributed by atoms with Crippen molar-refractivity contribution in [1.82, 2.24) is 0 Å². The number of hydrogen-bond acceptors (Lipinski definition) is 0. The Labute approximate surface area is 156 Å². The lowest BCUT2D eigenvalue weighted by molar-refractivity contribution is 0.139. The first-order chi connectivity index (χ1) is 12.0. The smallest absolute Gasteiger partial charge is 0.00224 e. The van der Waals surface area contributed by atoms with E-state index in [9.17, 15) is 0 Å². The van der Waals surface area contributed by atoms with Gasteiger partial charge in [0.15, 0.2) is 0 Å². The highest BCUT2D eigenvalue weighted by atomic mass is 14.5. The minimum atomic E-state index is 0.418. The maximum Gasteiger partial charge on any atom is -0.00224 e. The number of terminal acetylenes is 1. The van der Waals surface area contributed by atoms with E-state index in [2.05, 4.69) is 57.9 Å². The van der Waals surface area contributed by atoms with Crippen molar-refractivity contribution in [1.29, 1.82) is 0 Å². The fourth-order valence-electron chi connectivity index (χ4n) is 4.96. The van der Waals surface area contributed by atoms with E-state index < -0.39 is 0 Å². The van der Waals surface area contributed by atoms with Crippen molar-refractivity contribution in [2.24, 2.45) is 23.2 Å². The van der Waals surface area contributed by atoms with E-state index in [0.717, 1.165) is 30.6 Å². The van der Waals surface area contributed by atoms with Crippen LogP contribution in [0.2, 0.25) is 0 Å². The highest BCUT2D eigenvalue weighted by Gasteiger charge is 2.42. The van der Waals surface area contributed by atoms with E-state index in [1.54, 1.807) is 5.57 Å². The number of rotatable bonds is 8. The summed E-state index contributed by atoms with van der Waals surface area (Å²) in [5, 5.41) is 0. The first-order valence-electron chi connectivity index (χ1n) is 10.6. The summed E-state index contributed by atoms with van der Waals surface area (Å²) >= 11 is 0. The van der Waals surface area contributed by atoms with Gasteiger partial charge < -0.3 is 0 Å². The van der Waals surface area contributed by atoms with Gasteiger partial charge in [0.25, 0.3) is 0 Å². The predicted molar refractivity (Wildman–Crippen MR) is 111 cm³/mol. The second-order valence-electron chi connectivity index (χ2n) is 8.61. The molecule has 138 valence electrons. The lowest BCUT2D eigenvalue weighted by atomic mass is 9.57. The second-order valence-corrected chi connectivity index (χ2v) is 8.61. The summed E-state index contributed by atoms with van der Waals surface area (Å²) in [6.07, 6.45) is 26.7. The van der Waals surface area contributed by atoms with Crippen molar-refractivity contribution >= 4 is 0 Å². The van der Waals surface area contributed by atoms with E-state index in [-0.39, 0.29) is 0 Å².